The molecule has 1 N–H and O–H groups in total. The van der Waals surface area contributed by atoms with Crippen LogP contribution in [0.5, 0.6) is 0 Å². The Kier molecular flexibility index (Phi) is 7.68. The molecule has 7 nitrogen and oxygen atoms in total. The number of β-lactam (4-membered cyclic amide) rings is 1. The van der Waals surface area contributed by atoms with Crippen LogP contribution in [-0.2, 0) is 18.8 Å². The van der Waals surface area contributed by atoms with E-state index in [4.69, 9.17) is 9.16 Å². The van der Waals surface area contributed by atoms with Crippen molar-refractivity contribution >= 4 is 26.1 Å². The molecular weight excluding hydrogens is 400 g/mol. The van der Waals surface area contributed by atoms with Gasteiger partial charge in [0.1, 0.15) is 6.61 Å². The van der Waals surface area contributed by atoms with Crippen molar-refractivity contribution in [3.63, 3.8) is 0 Å². The lowest BCUT2D eigenvalue weighted by molar-refractivity contribution is -0.141. The molecule has 0 saturated carbocycles. The van der Waals surface area contributed by atoms with E-state index in [9.17, 15) is 14.4 Å². The second-order valence-corrected chi connectivity index (χ2v) is 14.4. The van der Waals surface area contributed by atoms with Crippen LogP contribution < -0.4 is 5.32 Å². The molecule has 0 aromatic carbocycles. The highest BCUT2D eigenvalue weighted by atomic mass is 28.4. The van der Waals surface area contributed by atoms with E-state index in [2.05, 4.69) is 45.8 Å². The maximum atomic E-state index is 12.9. The Morgan fingerprint density at radius 1 is 1.40 bits per heavy atom. The quantitative estimate of drug-likeness (QED) is 0.358. The molecule has 2 aliphatic rings. The predicted molar refractivity (Wildman–Crippen MR) is 119 cm³/mol. The Morgan fingerprint density at radius 2 is 2.07 bits per heavy atom. The molecule has 0 bridgehead atoms. The van der Waals surface area contributed by atoms with E-state index >= 15 is 0 Å². The number of nitrogens with zero attached hydrogens (tertiary/aromatic N) is 1. The van der Waals surface area contributed by atoms with E-state index in [-0.39, 0.29) is 54.4 Å². The van der Waals surface area contributed by atoms with Gasteiger partial charge in [-0.05, 0) is 31.5 Å². The number of hydrogen-bond acceptors (Lipinski definition) is 5. The molecule has 2 rings (SSSR count). The first kappa shape index (κ1) is 24.3. The van der Waals surface area contributed by atoms with Crippen LogP contribution in [0.2, 0.25) is 18.1 Å². The van der Waals surface area contributed by atoms with Crippen LogP contribution in [0.15, 0.2) is 24.3 Å². The molecular formula is C22H36N2O5Si. The van der Waals surface area contributed by atoms with Crippen molar-refractivity contribution in [3.05, 3.63) is 24.3 Å². The van der Waals surface area contributed by atoms with Gasteiger partial charge < -0.3 is 19.4 Å². The number of nitrogens with one attached hydrogen (secondary N) is 1. The van der Waals surface area contributed by atoms with Gasteiger partial charge in [-0.1, -0.05) is 39.5 Å². The molecule has 0 aromatic rings. The zero-order valence-electron chi connectivity index (χ0n) is 19.1. The highest BCUT2D eigenvalue weighted by Gasteiger charge is 2.48. The normalized spacial score (nSPS) is 23.1. The average Bonchev–Trinajstić information content (AvgIpc) is 2.63. The Hall–Kier alpha value is -1.93. The first-order valence-electron chi connectivity index (χ1n) is 10.6. The van der Waals surface area contributed by atoms with E-state index in [1.165, 1.54) is 11.0 Å². The monoisotopic (exact) mass is 436 g/mol. The number of carbonyl (C=O) groups excluding carboxylic acids is 3. The number of amides is 2. The first-order valence-corrected chi connectivity index (χ1v) is 13.5. The summed E-state index contributed by atoms with van der Waals surface area (Å²) in [6, 6.07) is -0.242. The molecule has 3 atom stereocenters. The fourth-order valence-corrected chi connectivity index (χ4v) is 4.97. The molecule has 8 heteroatoms. The molecule has 0 radical (unpaired) electrons. The van der Waals surface area contributed by atoms with Gasteiger partial charge in [-0.25, -0.2) is 4.79 Å². The third-order valence-corrected chi connectivity index (χ3v) is 10.9. The molecule has 0 aliphatic carbocycles. The smallest absolute Gasteiger partial charge is 0.410 e. The Labute approximate surface area is 181 Å². The molecule has 1 saturated heterocycles. The van der Waals surface area contributed by atoms with Crippen molar-refractivity contribution < 1.29 is 23.5 Å². The minimum absolute atomic E-state index is 0.0450. The summed E-state index contributed by atoms with van der Waals surface area (Å²) >= 11 is 0. The molecule has 30 heavy (non-hydrogen) atoms. The second-order valence-electron chi connectivity index (χ2n) is 9.66. The zero-order valence-corrected chi connectivity index (χ0v) is 20.1. The standard InChI is InChI=1S/C22H36N2O5Si/c1-8-12-28-21(27)24-11-9-10-16(14-24)18(25)13-17-19(20(26)23-17)15(2)29-30(6,7)22(3,4)5/h8,10,15,17,19H,1,9,11-14H2,2-7H3,(H,23,26)/t15-,17-,19-/m1/s1. The van der Waals surface area contributed by atoms with E-state index in [1.807, 2.05) is 13.0 Å². The molecule has 2 amide bonds. The summed E-state index contributed by atoms with van der Waals surface area (Å²) in [6.45, 7) is 17.2. The molecule has 0 aromatic heterocycles. The molecule has 2 aliphatic heterocycles. The number of ether oxygens (including phenoxy) is 1. The molecule has 2 heterocycles. The van der Waals surface area contributed by atoms with Gasteiger partial charge in [0.05, 0.1) is 24.6 Å². The summed E-state index contributed by atoms with van der Waals surface area (Å²) in [5.41, 5.74) is 0.592. The van der Waals surface area contributed by atoms with Crippen molar-refractivity contribution in [2.24, 2.45) is 5.92 Å². The summed E-state index contributed by atoms with van der Waals surface area (Å²) in [7, 11) is -2.02. The van der Waals surface area contributed by atoms with Gasteiger partial charge in [0.25, 0.3) is 0 Å². The summed E-state index contributed by atoms with van der Waals surface area (Å²) in [6.07, 6.45) is 3.52. The largest absolute Gasteiger partial charge is 0.445 e. The molecule has 0 spiro atoms. The van der Waals surface area contributed by atoms with Gasteiger partial charge in [0.15, 0.2) is 14.1 Å². The molecule has 0 unspecified atom stereocenters. The Bertz CT molecular complexity index is 726. The number of hydrogen-bond donors (Lipinski definition) is 1. The summed E-state index contributed by atoms with van der Waals surface area (Å²) in [5, 5.41) is 2.91. The maximum absolute atomic E-state index is 12.9. The fraction of sp³-hybridized carbons (Fsp3) is 0.682. The second kappa shape index (κ2) is 9.47. The van der Waals surface area contributed by atoms with E-state index < -0.39 is 14.4 Å². The number of carbonyl (C=O) groups is 3. The summed E-state index contributed by atoms with van der Waals surface area (Å²) in [5.74, 6) is -0.446. The lowest BCUT2D eigenvalue weighted by Crippen LogP contribution is -2.64. The highest BCUT2D eigenvalue weighted by Crippen LogP contribution is 2.39. The van der Waals surface area contributed by atoms with Crippen molar-refractivity contribution in [3.8, 4) is 0 Å². The third kappa shape index (κ3) is 5.60. The number of rotatable bonds is 8. The lowest BCUT2D eigenvalue weighted by Gasteiger charge is -2.45. The molecule has 1 fully saturated rings. The fourth-order valence-electron chi connectivity index (χ4n) is 3.54. The summed E-state index contributed by atoms with van der Waals surface area (Å²) in [4.78, 5) is 38.7. The van der Waals surface area contributed by atoms with Crippen LogP contribution in [0.25, 0.3) is 0 Å². The lowest BCUT2D eigenvalue weighted by atomic mass is 9.82. The predicted octanol–water partition coefficient (Wildman–Crippen LogP) is 3.43. The van der Waals surface area contributed by atoms with Gasteiger partial charge in [0, 0.05) is 18.5 Å². The van der Waals surface area contributed by atoms with Crippen LogP contribution in [0.3, 0.4) is 0 Å². The first-order chi connectivity index (χ1) is 13.9. The SMILES string of the molecule is C=CCOC(=O)N1CCC=C(C(=O)C[C@H]2NC(=O)[C@@H]2[C@@H](C)O[Si](C)(C)C(C)(C)C)C1. The number of ketones is 1. The third-order valence-electron chi connectivity index (χ3n) is 6.35. The summed E-state index contributed by atoms with van der Waals surface area (Å²) < 4.78 is 11.5. The van der Waals surface area contributed by atoms with Gasteiger partial charge in [-0.2, -0.15) is 0 Å². The van der Waals surface area contributed by atoms with Crippen LogP contribution in [-0.4, -0.2) is 62.8 Å². The van der Waals surface area contributed by atoms with E-state index in [0.29, 0.717) is 18.5 Å². The van der Waals surface area contributed by atoms with Gasteiger partial charge in [0.2, 0.25) is 5.91 Å². The number of Topliss-reactive ketones (excluding diaryl/α,β-unsaturated/α-hetero) is 1. The van der Waals surface area contributed by atoms with Crippen LogP contribution in [0, 0.1) is 5.92 Å². The van der Waals surface area contributed by atoms with Crippen molar-refractivity contribution in [2.75, 3.05) is 19.7 Å². The van der Waals surface area contributed by atoms with Gasteiger partial charge >= 0.3 is 6.09 Å². The van der Waals surface area contributed by atoms with Crippen LogP contribution in [0.1, 0.15) is 40.5 Å². The van der Waals surface area contributed by atoms with Crippen LogP contribution in [0.4, 0.5) is 4.79 Å². The van der Waals surface area contributed by atoms with Gasteiger partial charge in [-0.3, -0.25) is 9.59 Å². The van der Waals surface area contributed by atoms with Crippen LogP contribution >= 0.6 is 0 Å². The minimum atomic E-state index is -2.02. The highest BCUT2D eigenvalue weighted by molar-refractivity contribution is 6.74. The Balaban J connectivity index is 1.96. The van der Waals surface area contributed by atoms with Crippen molar-refractivity contribution in [1.29, 1.82) is 0 Å². The average molecular weight is 437 g/mol. The maximum Gasteiger partial charge on any atom is 0.410 e. The van der Waals surface area contributed by atoms with Crippen molar-refractivity contribution in [2.45, 2.75) is 70.8 Å². The zero-order chi connectivity index (χ0) is 22.7. The molecule has 168 valence electrons. The Morgan fingerprint density at radius 3 is 2.63 bits per heavy atom. The van der Waals surface area contributed by atoms with E-state index in [1.54, 1.807) is 0 Å². The van der Waals surface area contributed by atoms with Crippen molar-refractivity contribution in [1.82, 2.24) is 10.2 Å². The topological polar surface area (TPSA) is 84.9 Å². The van der Waals surface area contributed by atoms with Gasteiger partial charge in [-0.15, -0.1) is 0 Å². The minimum Gasteiger partial charge on any atom is -0.445 e. The van der Waals surface area contributed by atoms with E-state index in [0.717, 1.165) is 0 Å².